The quantitative estimate of drug-likeness (QED) is 0.202. The number of rotatable bonds is 4. The lowest BCUT2D eigenvalue weighted by Crippen LogP contribution is -2.37. The number of hydrogen-bond donors (Lipinski definition) is 3. The summed E-state index contributed by atoms with van der Waals surface area (Å²) in [6.07, 6.45) is -4.45. The van der Waals surface area contributed by atoms with Gasteiger partial charge in [0.2, 0.25) is 5.96 Å². The van der Waals surface area contributed by atoms with Crippen LogP contribution in [0.1, 0.15) is 19.3 Å². The van der Waals surface area contributed by atoms with Crippen molar-refractivity contribution in [1.82, 2.24) is 5.43 Å². The van der Waals surface area contributed by atoms with Crippen molar-refractivity contribution in [2.75, 3.05) is 6.54 Å². The summed E-state index contributed by atoms with van der Waals surface area (Å²) in [5, 5.41) is 0. The molecule has 0 spiro atoms. The van der Waals surface area contributed by atoms with Crippen LogP contribution < -0.4 is 17.0 Å². The summed E-state index contributed by atoms with van der Waals surface area (Å²) in [6, 6.07) is 0. The van der Waals surface area contributed by atoms with Crippen LogP contribution >= 0.6 is 0 Å². The van der Waals surface area contributed by atoms with E-state index in [-0.39, 0.29) is 18.9 Å². The maximum Gasteiger partial charge on any atom is 0.389 e. The molecule has 0 unspecified atom stereocenters. The smallest absolute Gasteiger partial charge is 0.369 e. The topological polar surface area (TPSA) is 76.4 Å². The van der Waals surface area contributed by atoms with E-state index in [4.69, 9.17) is 11.6 Å². The molecular formula is C6H13F3N4. The van der Waals surface area contributed by atoms with E-state index in [1.807, 2.05) is 0 Å². The van der Waals surface area contributed by atoms with Crippen molar-refractivity contribution in [3.8, 4) is 0 Å². The Bertz CT molecular complexity index is 166. The zero-order valence-corrected chi connectivity index (χ0v) is 7.06. The fourth-order valence-electron chi connectivity index (χ4n) is 0.682. The van der Waals surface area contributed by atoms with Gasteiger partial charge in [0.15, 0.2) is 0 Å². The molecule has 5 N–H and O–H groups in total. The molecule has 0 aliphatic carbocycles. The van der Waals surface area contributed by atoms with E-state index in [2.05, 4.69) is 10.4 Å². The zero-order chi connectivity index (χ0) is 10.3. The summed E-state index contributed by atoms with van der Waals surface area (Å²) in [4.78, 5) is 3.65. The van der Waals surface area contributed by atoms with Gasteiger partial charge < -0.3 is 5.73 Å². The van der Waals surface area contributed by atoms with Crippen LogP contribution in [0.2, 0.25) is 0 Å². The highest BCUT2D eigenvalue weighted by molar-refractivity contribution is 5.76. The predicted octanol–water partition coefficient (Wildman–Crippen LogP) is 0.497. The second kappa shape index (κ2) is 5.63. The van der Waals surface area contributed by atoms with Crippen LogP contribution in [0.15, 0.2) is 4.99 Å². The molecule has 0 aliphatic heterocycles. The first-order chi connectivity index (χ1) is 5.95. The lowest BCUT2D eigenvalue weighted by Gasteiger charge is -2.04. The largest absolute Gasteiger partial charge is 0.389 e. The summed E-state index contributed by atoms with van der Waals surface area (Å²) >= 11 is 0. The average Bonchev–Trinajstić information content (AvgIpc) is 2.01. The molecule has 0 bridgehead atoms. The Morgan fingerprint density at radius 3 is 2.38 bits per heavy atom. The molecular weight excluding hydrogens is 185 g/mol. The van der Waals surface area contributed by atoms with Gasteiger partial charge in [-0.25, -0.2) is 5.84 Å². The highest BCUT2D eigenvalue weighted by Gasteiger charge is 2.25. The van der Waals surface area contributed by atoms with Gasteiger partial charge in [-0.2, -0.15) is 13.2 Å². The fourth-order valence-corrected chi connectivity index (χ4v) is 0.682. The first kappa shape index (κ1) is 12.0. The van der Waals surface area contributed by atoms with E-state index in [1.165, 1.54) is 0 Å². The number of nitrogens with two attached hydrogens (primary N) is 2. The Labute approximate surface area is 74.2 Å². The molecule has 0 radical (unpaired) electrons. The highest BCUT2D eigenvalue weighted by Crippen LogP contribution is 2.21. The van der Waals surface area contributed by atoms with Gasteiger partial charge in [-0.3, -0.25) is 10.4 Å². The van der Waals surface area contributed by atoms with Gasteiger partial charge in [-0.05, 0) is 12.8 Å². The molecule has 0 fully saturated rings. The molecule has 78 valence electrons. The molecule has 13 heavy (non-hydrogen) atoms. The third-order valence-corrected chi connectivity index (χ3v) is 1.30. The summed E-state index contributed by atoms with van der Waals surface area (Å²) in [7, 11) is 0. The number of guanidine groups is 1. The van der Waals surface area contributed by atoms with E-state index < -0.39 is 12.6 Å². The summed E-state index contributed by atoms with van der Waals surface area (Å²) in [6.45, 7) is 0.256. The maximum absolute atomic E-state index is 11.6. The van der Waals surface area contributed by atoms with Crippen LogP contribution in [-0.2, 0) is 0 Å². The first-order valence-electron chi connectivity index (χ1n) is 3.79. The predicted molar refractivity (Wildman–Crippen MR) is 43.7 cm³/mol. The monoisotopic (exact) mass is 198 g/mol. The van der Waals surface area contributed by atoms with Gasteiger partial charge in [-0.1, -0.05) is 0 Å². The molecule has 0 heterocycles. The van der Waals surface area contributed by atoms with Crippen molar-refractivity contribution in [2.45, 2.75) is 25.4 Å². The molecule has 0 saturated heterocycles. The molecule has 0 amide bonds. The highest BCUT2D eigenvalue weighted by atomic mass is 19.4. The Balaban J connectivity index is 3.37. The van der Waals surface area contributed by atoms with Crippen molar-refractivity contribution in [3.05, 3.63) is 0 Å². The standard InChI is InChI=1S/C6H13F3N4/c7-6(8,9)3-1-2-4-12-5(10)13-11/h1-4,11H2,(H3,10,12,13). The summed E-state index contributed by atoms with van der Waals surface area (Å²) < 4.78 is 34.8. The van der Waals surface area contributed by atoms with Gasteiger partial charge in [-0.15, -0.1) is 0 Å². The van der Waals surface area contributed by atoms with Crippen LogP contribution in [0.4, 0.5) is 13.2 Å². The minimum Gasteiger partial charge on any atom is -0.369 e. The first-order valence-corrected chi connectivity index (χ1v) is 3.79. The van der Waals surface area contributed by atoms with E-state index in [0.29, 0.717) is 6.42 Å². The number of halogens is 3. The van der Waals surface area contributed by atoms with Crippen molar-refractivity contribution in [3.63, 3.8) is 0 Å². The lowest BCUT2D eigenvalue weighted by atomic mass is 10.2. The summed E-state index contributed by atoms with van der Waals surface area (Å²) in [5.41, 5.74) is 7.21. The minimum atomic E-state index is -4.08. The molecule has 0 aromatic rings. The lowest BCUT2D eigenvalue weighted by molar-refractivity contribution is -0.135. The van der Waals surface area contributed by atoms with Crippen LogP contribution in [0.25, 0.3) is 0 Å². The van der Waals surface area contributed by atoms with Crippen LogP contribution in [0.3, 0.4) is 0 Å². The number of aliphatic imine (C=N–C) groups is 1. The minimum absolute atomic E-state index is 0.0343. The van der Waals surface area contributed by atoms with E-state index in [0.717, 1.165) is 0 Å². The van der Waals surface area contributed by atoms with Crippen LogP contribution in [0, 0.1) is 0 Å². The Morgan fingerprint density at radius 2 is 1.92 bits per heavy atom. The van der Waals surface area contributed by atoms with Gasteiger partial charge in [0.05, 0.1) is 0 Å². The maximum atomic E-state index is 11.6. The third kappa shape index (κ3) is 8.93. The molecule has 0 aromatic heterocycles. The zero-order valence-electron chi connectivity index (χ0n) is 7.06. The number of nitrogens with one attached hydrogen (secondary N) is 1. The normalized spacial score (nSPS) is 13.1. The number of alkyl halides is 3. The van der Waals surface area contributed by atoms with E-state index in [9.17, 15) is 13.2 Å². The van der Waals surface area contributed by atoms with E-state index in [1.54, 1.807) is 0 Å². The molecule has 0 rings (SSSR count). The van der Waals surface area contributed by atoms with Crippen molar-refractivity contribution in [2.24, 2.45) is 16.6 Å². The molecule has 0 aliphatic rings. The van der Waals surface area contributed by atoms with Crippen molar-refractivity contribution in [1.29, 1.82) is 0 Å². The van der Waals surface area contributed by atoms with Crippen molar-refractivity contribution >= 4 is 5.96 Å². The Kier molecular flexibility index (Phi) is 5.20. The molecule has 0 saturated carbocycles. The number of nitrogens with zero attached hydrogens (tertiary/aromatic N) is 1. The van der Waals surface area contributed by atoms with E-state index >= 15 is 0 Å². The van der Waals surface area contributed by atoms with Gasteiger partial charge in [0.1, 0.15) is 0 Å². The number of hydrogen-bond acceptors (Lipinski definition) is 2. The second-order valence-corrected chi connectivity index (χ2v) is 2.48. The van der Waals surface area contributed by atoms with Crippen LogP contribution in [-0.4, -0.2) is 18.7 Å². The number of unbranched alkanes of at least 4 members (excludes halogenated alkanes) is 1. The molecule has 4 nitrogen and oxygen atoms in total. The second-order valence-electron chi connectivity index (χ2n) is 2.48. The molecule has 0 atom stereocenters. The van der Waals surface area contributed by atoms with Gasteiger partial charge >= 0.3 is 6.18 Å². The van der Waals surface area contributed by atoms with Crippen LogP contribution in [0.5, 0.6) is 0 Å². The van der Waals surface area contributed by atoms with Gasteiger partial charge in [0.25, 0.3) is 0 Å². The van der Waals surface area contributed by atoms with Gasteiger partial charge in [0, 0.05) is 13.0 Å². The average molecular weight is 198 g/mol. The number of hydrazine groups is 1. The SMILES string of the molecule is NNC(N)=NCCCCC(F)(F)F. The summed E-state index contributed by atoms with van der Waals surface area (Å²) in [5.74, 6) is 4.90. The Morgan fingerprint density at radius 1 is 1.31 bits per heavy atom. The van der Waals surface area contributed by atoms with Crippen molar-refractivity contribution < 1.29 is 13.2 Å². The molecule has 7 heteroatoms. The Hall–Kier alpha value is -0.980. The fraction of sp³-hybridized carbons (Fsp3) is 0.833. The third-order valence-electron chi connectivity index (χ3n) is 1.30. The molecule has 0 aromatic carbocycles.